The number of nitrogens with one attached hydrogen (secondary N) is 2. The quantitative estimate of drug-likeness (QED) is 0.806. The third-order valence-corrected chi connectivity index (χ3v) is 7.30. The molecule has 4 nitrogen and oxygen atoms in total. The fourth-order valence-corrected chi connectivity index (χ4v) is 5.08. The molecule has 0 radical (unpaired) electrons. The molecule has 1 aromatic carbocycles. The first-order valence-corrected chi connectivity index (χ1v) is 9.93. The van der Waals surface area contributed by atoms with Crippen LogP contribution in [0.15, 0.2) is 23.1 Å². The SMILES string of the molecule is CNCc1cccc(S(=O)(=O)NCC2(SC)CCC2)c1C. The maximum Gasteiger partial charge on any atom is 0.240 e. The van der Waals surface area contributed by atoms with Gasteiger partial charge in [0, 0.05) is 17.8 Å². The minimum atomic E-state index is -3.44. The summed E-state index contributed by atoms with van der Waals surface area (Å²) in [6.45, 7) is 3.06. The Labute approximate surface area is 132 Å². The summed E-state index contributed by atoms with van der Waals surface area (Å²) in [5.41, 5.74) is 1.84. The molecular formula is C15H24N2O2S2. The second-order valence-corrected chi connectivity index (χ2v) is 8.65. The molecule has 1 fully saturated rings. The Balaban J connectivity index is 2.17. The van der Waals surface area contributed by atoms with Crippen molar-refractivity contribution in [1.29, 1.82) is 0 Å². The topological polar surface area (TPSA) is 58.2 Å². The lowest BCUT2D eigenvalue weighted by Crippen LogP contribution is -2.45. The van der Waals surface area contributed by atoms with E-state index in [1.54, 1.807) is 17.8 Å². The van der Waals surface area contributed by atoms with Crippen LogP contribution >= 0.6 is 11.8 Å². The molecule has 1 saturated carbocycles. The Bertz CT molecular complexity index is 590. The van der Waals surface area contributed by atoms with Crippen LogP contribution in [0.3, 0.4) is 0 Å². The highest BCUT2D eigenvalue weighted by molar-refractivity contribution is 8.00. The zero-order chi connectivity index (χ0) is 15.5. The predicted molar refractivity (Wildman–Crippen MR) is 89.2 cm³/mol. The van der Waals surface area contributed by atoms with E-state index in [1.165, 1.54) is 6.42 Å². The summed E-state index contributed by atoms with van der Waals surface area (Å²) in [4.78, 5) is 0.394. The molecule has 21 heavy (non-hydrogen) atoms. The Hall–Kier alpha value is -0.560. The van der Waals surface area contributed by atoms with Crippen molar-refractivity contribution in [3.05, 3.63) is 29.3 Å². The van der Waals surface area contributed by atoms with E-state index in [9.17, 15) is 8.42 Å². The molecule has 1 aliphatic rings. The summed E-state index contributed by atoms with van der Waals surface area (Å²) in [6.07, 6.45) is 5.44. The number of hydrogen-bond donors (Lipinski definition) is 2. The molecular weight excluding hydrogens is 304 g/mol. The average molecular weight is 329 g/mol. The lowest BCUT2D eigenvalue weighted by atomic mass is 9.84. The third-order valence-electron chi connectivity index (χ3n) is 4.34. The van der Waals surface area contributed by atoms with Crippen LogP contribution in [0, 0.1) is 6.92 Å². The molecule has 2 N–H and O–H groups in total. The van der Waals surface area contributed by atoms with Crippen LogP contribution in [0.4, 0.5) is 0 Å². The smallest absolute Gasteiger partial charge is 0.240 e. The summed E-state index contributed by atoms with van der Waals surface area (Å²) in [5, 5.41) is 3.07. The highest BCUT2D eigenvalue weighted by atomic mass is 32.2. The van der Waals surface area contributed by atoms with Crippen LogP contribution < -0.4 is 10.0 Å². The standard InChI is InChI=1S/C15H24N2O2S2/c1-12-13(10-16-2)6-4-7-14(12)21(18,19)17-11-15(20-3)8-5-9-15/h4,6-7,16-17H,5,8-11H2,1-3H3. The molecule has 2 rings (SSSR count). The van der Waals surface area contributed by atoms with E-state index in [2.05, 4.69) is 16.3 Å². The maximum atomic E-state index is 12.6. The Morgan fingerprint density at radius 1 is 1.33 bits per heavy atom. The summed E-state index contributed by atoms with van der Waals surface area (Å²) in [5.74, 6) is 0. The van der Waals surface area contributed by atoms with Gasteiger partial charge in [0.25, 0.3) is 0 Å². The first kappa shape index (κ1) is 16.8. The molecule has 0 bridgehead atoms. The van der Waals surface area contributed by atoms with E-state index >= 15 is 0 Å². The van der Waals surface area contributed by atoms with Crippen molar-refractivity contribution < 1.29 is 8.42 Å². The van der Waals surface area contributed by atoms with Gasteiger partial charge >= 0.3 is 0 Å². The van der Waals surface area contributed by atoms with E-state index in [4.69, 9.17) is 0 Å². The third kappa shape index (κ3) is 3.62. The van der Waals surface area contributed by atoms with Gasteiger partial charge in [-0.2, -0.15) is 11.8 Å². The molecule has 1 aliphatic carbocycles. The van der Waals surface area contributed by atoms with Gasteiger partial charge in [-0.05, 0) is 50.3 Å². The molecule has 0 unspecified atom stereocenters. The van der Waals surface area contributed by atoms with Gasteiger partial charge in [0.05, 0.1) is 4.90 Å². The van der Waals surface area contributed by atoms with Gasteiger partial charge in [-0.25, -0.2) is 13.1 Å². The van der Waals surface area contributed by atoms with Crippen LogP contribution in [0.5, 0.6) is 0 Å². The Morgan fingerprint density at radius 2 is 2.05 bits per heavy atom. The average Bonchev–Trinajstić information content (AvgIpc) is 2.40. The fourth-order valence-electron chi connectivity index (χ4n) is 2.66. The normalized spacial score (nSPS) is 17.5. The van der Waals surface area contributed by atoms with Crippen molar-refractivity contribution in [3.8, 4) is 0 Å². The predicted octanol–water partition coefficient (Wildman–Crippen LogP) is 2.28. The Kier molecular flexibility index (Phi) is 5.35. The van der Waals surface area contributed by atoms with Crippen molar-refractivity contribution in [3.63, 3.8) is 0 Å². The second kappa shape index (κ2) is 6.69. The largest absolute Gasteiger partial charge is 0.316 e. The van der Waals surface area contributed by atoms with Crippen LogP contribution in [0.2, 0.25) is 0 Å². The molecule has 0 amide bonds. The van der Waals surface area contributed by atoms with E-state index in [0.29, 0.717) is 18.0 Å². The number of sulfonamides is 1. The molecule has 0 spiro atoms. The fraction of sp³-hybridized carbons (Fsp3) is 0.600. The summed E-state index contributed by atoms with van der Waals surface area (Å²) >= 11 is 1.77. The van der Waals surface area contributed by atoms with E-state index in [-0.39, 0.29) is 4.75 Å². The molecule has 0 atom stereocenters. The minimum absolute atomic E-state index is 0.101. The first-order valence-electron chi connectivity index (χ1n) is 7.22. The van der Waals surface area contributed by atoms with Gasteiger partial charge in [0.1, 0.15) is 0 Å². The monoisotopic (exact) mass is 328 g/mol. The van der Waals surface area contributed by atoms with Gasteiger partial charge in [-0.3, -0.25) is 0 Å². The lowest BCUT2D eigenvalue weighted by Gasteiger charge is -2.40. The number of thioether (sulfide) groups is 1. The summed E-state index contributed by atoms with van der Waals surface area (Å²) < 4.78 is 28.1. The minimum Gasteiger partial charge on any atom is -0.316 e. The van der Waals surface area contributed by atoms with E-state index < -0.39 is 10.0 Å². The van der Waals surface area contributed by atoms with Gasteiger partial charge in [-0.1, -0.05) is 18.6 Å². The van der Waals surface area contributed by atoms with Gasteiger partial charge in [0.15, 0.2) is 0 Å². The van der Waals surface area contributed by atoms with Crippen molar-refractivity contribution in [1.82, 2.24) is 10.0 Å². The Morgan fingerprint density at radius 3 is 2.57 bits per heavy atom. The van der Waals surface area contributed by atoms with Gasteiger partial charge in [-0.15, -0.1) is 0 Å². The molecule has 118 valence electrons. The lowest BCUT2D eigenvalue weighted by molar-refractivity contribution is 0.362. The van der Waals surface area contributed by atoms with Crippen LogP contribution in [-0.2, 0) is 16.6 Å². The summed E-state index contributed by atoms with van der Waals surface area (Å²) in [6, 6.07) is 5.45. The summed E-state index contributed by atoms with van der Waals surface area (Å²) in [7, 11) is -1.58. The number of rotatable bonds is 7. The van der Waals surface area contributed by atoms with Crippen molar-refractivity contribution in [2.75, 3.05) is 19.8 Å². The molecule has 0 saturated heterocycles. The van der Waals surface area contributed by atoms with E-state index in [1.807, 2.05) is 26.1 Å². The zero-order valence-electron chi connectivity index (χ0n) is 12.9. The van der Waals surface area contributed by atoms with Crippen LogP contribution in [0.25, 0.3) is 0 Å². The van der Waals surface area contributed by atoms with Crippen LogP contribution in [0.1, 0.15) is 30.4 Å². The molecule has 6 heteroatoms. The molecule has 1 aromatic rings. The zero-order valence-corrected chi connectivity index (χ0v) is 14.5. The number of hydrogen-bond acceptors (Lipinski definition) is 4. The molecule has 0 heterocycles. The molecule has 0 aromatic heterocycles. The highest BCUT2D eigenvalue weighted by Crippen LogP contribution is 2.42. The van der Waals surface area contributed by atoms with Crippen molar-refractivity contribution in [2.45, 2.75) is 42.4 Å². The maximum absolute atomic E-state index is 12.6. The van der Waals surface area contributed by atoms with Crippen LogP contribution in [-0.4, -0.2) is 33.0 Å². The first-order chi connectivity index (χ1) is 9.94. The van der Waals surface area contributed by atoms with Gasteiger partial charge < -0.3 is 5.32 Å². The van der Waals surface area contributed by atoms with Crippen molar-refractivity contribution >= 4 is 21.8 Å². The van der Waals surface area contributed by atoms with E-state index in [0.717, 1.165) is 24.0 Å². The molecule has 0 aliphatic heterocycles. The van der Waals surface area contributed by atoms with Gasteiger partial charge in [0.2, 0.25) is 10.0 Å². The second-order valence-electron chi connectivity index (χ2n) is 5.64. The van der Waals surface area contributed by atoms with Crippen molar-refractivity contribution in [2.24, 2.45) is 0 Å². The highest BCUT2D eigenvalue weighted by Gasteiger charge is 2.37. The number of benzene rings is 1.